The number of hydrogen-bond acceptors (Lipinski definition) is 7. The Morgan fingerprint density at radius 2 is 1.70 bits per heavy atom. The van der Waals surface area contributed by atoms with Crippen LogP contribution in [-0.2, 0) is 20.9 Å². The number of nitrogens with zero attached hydrogens (tertiary/aromatic N) is 2. The zero-order valence-electron chi connectivity index (χ0n) is 24.2. The lowest BCUT2D eigenvalue weighted by Gasteiger charge is -2.34. The third-order valence-corrected chi connectivity index (χ3v) is 6.04. The second-order valence-corrected chi connectivity index (χ2v) is 10.6. The number of carbonyl (C=O) groups is 3. The summed E-state index contributed by atoms with van der Waals surface area (Å²) < 4.78 is 16.1. The molecule has 0 unspecified atom stereocenters. The van der Waals surface area contributed by atoms with Gasteiger partial charge in [0.2, 0.25) is 17.7 Å². The number of rotatable bonds is 11. The first-order valence-corrected chi connectivity index (χ1v) is 13.0. The number of para-hydroxylation sites is 1. The molecular formula is C30H38N4O6. The van der Waals surface area contributed by atoms with Gasteiger partial charge >= 0.3 is 0 Å². The minimum Gasteiger partial charge on any atom is -0.493 e. The molecule has 10 heteroatoms. The molecule has 0 saturated heterocycles. The number of aryl methyl sites for hydroxylation is 2. The summed E-state index contributed by atoms with van der Waals surface area (Å²) in [5.41, 5.74) is 1.79. The molecule has 214 valence electrons. The van der Waals surface area contributed by atoms with Gasteiger partial charge in [0.15, 0.2) is 17.3 Å². The molecule has 2 aromatic carbocycles. The van der Waals surface area contributed by atoms with Crippen molar-refractivity contribution in [3.63, 3.8) is 0 Å². The average molecular weight is 551 g/mol. The second-order valence-electron chi connectivity index (χ2n) is 10.6. The summed E-state index contributed by atoms with van der Waals surface area (Å²) >= 11 is 0. The van der Waals surface area contributed by atoms with Gasteiger partial charge in [-0.15, -0.1) is 0 Å². The maximum Gasteiger partial charge on any atom is 0.248 e. The highest BCUT2D eigenvalue weighted by Crippen LogP contribution is 2.38. The van der Waals surface area contributed by atoms with E-state index in [-0.39, 0.29) is 37.0 Å². The molecule has 40 heavy (non-hydrogen) atoms. The van der Waals surface area contributed by atoms with Crippen LogP contribution in [-0.4, -0.2) is 47.5 Å². The summed E-state index contributed by atoms with van der Waals surface area (Å²) in [5, 5.41) is 9.40. The number of aromatic nitrogens is 1. The highest BCUT2D eigenvalue weighted by Gasteiger charge is 2.36. The fourth-order valence-corrected chi connectivity index (χ4v) is 4.22. The molecule has 0 bridgehead atoms. The molecule has 1 aromatic heterocycles. The maximum atomic E-state index is 13.9. The van der Waals surface area contributed by atoms with Crippen molar-refractivity contribution in [3.05, 3.63) is 71.0 Å². The third-order valence-electron chi connectivity index (χ3n) is 6.04. The zero-order valence-corrected chi connectivity index (χ0v) is 24.2. The van der Waals surface area contributed by atoms with Gasteiger partial charge in [0.1, 0.15) is 11.8 Å². The summed E-state index contributed by atoms with van der Waals surface area (Å²) in [6.45, 7) is 9.42. The molecule has 0 aliphatic carbocycles. The van der Waals surface area contributed by atoms with Crippen LogP contribution in [0.2, 0.25) is 0 Å². The van der Waals surface area contributed by atoms with Gasteiger partial charge in [0.25, 0.3) is 0 Å². The van der Waals surface area contributed by atoms with Crippen LogP contribution >= 0.6 is 0 Å². The van der Waals surface area contributed by atoms with Crippen molar-refractivity contribution in [1.82, 2.24) is 15.4 Å². The van der Waals surface area contributed by atoms with Gasteiger partial charge < -0.3 is 29.5 Å². The highest BCUT2D eigenvalue weighted by atomic mass is 16.5. The van der Waals surface area contributed by atoms with Gasteiger partial charge in [-0.2, -0.15) is 0 Å². The Hall–Kier alpha value is -4.34. The zero-order chi connectivity index (χ0) is 29.4. The summed E-state index contributed by atoms with van der Waals surface area (Å²) in [5.74, 6) is 0.434. The molecule has 0 fully saturated rings. The van der Waals surface area contributed by atoms with E-state index in [0.29, 0.717) is 22.8 Å². The molecule has 2 N–H and O–H groups in total. The highest BCUT2D eigenvalue weighted by molar-refractivity contribution is 5.94. The molecule has 3 rings (SSSR count). The number of ether oxygens (including phenoxy) is 2. The van der Waals surface area contributed by atoms with E-state index in [9.17, 15) is 14.4 Å². The van der Waals surface area contributed by atoms with Crippen LogP contribution in [0.15, 0.2) is 53.1 Å². The standard InChI is InChI=1S/C30H38N4O6/c1-19-11-13-21(14-12-19)18-34(26(36)16-15-25(35)31-24-17-20(2)40-33-24)27(29(37)32-30(3,4)5)22-9-8-10-23(38-6)28(22)39-7/h8-14,17,27H,15-16,18H2,1-7H3,(H,32,37)(H,31,33,35)/t27-/m1/s1. The number of nitrogens with one attached hydrogen (secondary N) is 2. The Morgan fingerprint density at radius 3 is 2.27 bits per heavy atom. The SMILES string of the molecule is COc1cccc([C@H](C(=O)NC(C)(C)C)N(Cc2ccc(C)cc2)C(=O)CCC(=O)Nc2cc(C)on2)c1OC. The molecule has 10 nitrogen and oxygen atoms in total. The lowest BCUT2D eigenvalue weighted by atomic mass is 9.98. The van der Waals surface area contributed by atoms with Crippen molar-refractivity contribution < 1.29 is 28.4 Å². The monoisotopic (exact) mass is 550 g/mol. The predicted molar refractivity (Wildman–Crippen MR) is 151 cm³/mol. The molecule has 1 heterocycles. The van der Waals surface area contributed by atoms with Gasteiger partial charge in [0, 0.05) is 36.6 Å². The quantitative estimate of drug-likeness (QED) is 0.354. The molecule has 0 radical (unpaired) electrons. The Bertz CT molecular complexity index is 1330. The van der Waals surface area contributed by atoms with E-state index in [0.717, 1.165) is 11.1 Å². The maximum absolute atomic E-state index is 13.9. The summed E-state index contributed by atoms with van der Waals surface area (Å²) in [6, 6.07) is 13.4. The first-order valence-electron chi connectivity index (χ1n) is 13.0. The number of anilines is 1. The van der Waals surface area contributed by atoms with Crippen LogP contribution < -0.4 is 20.1 Å². The fourth-order valence-electron chi connectivity index (χ4n) is 4.22. The van der Waals surface area contributed by atoms with Crippen LogP contribution in [0.5, 0.6) is 11.5 Å². The Labute approximate surface area is 235 Å². The van der Waals surface area contributed by atoms with E-state index in [4.69, 9.17) is 14.0 Å². The topological polar surface area (TPSA) is 123 Å². The van der Waals surface area contributed by atoms with Crippen LogP contribution in [0.4, 0.5) is 5.82 Å². The van der Waals surface area contributed by atoms with Crippen molar-refractivity contribution in [3.8, 4) is 11.5 Å². The largest absolute Gasteiger partial charge is 0.493 e. The summed E-state index contributed by atoms with van der Waals surface area (Å²) in [7, 11) is 3.00. The summed E-state index contributed by atoms with van der Waals surface area (Å²) in [4.78, 5) is 41.9. The Balaban J connectivity index is 2.01. The minimum atomic E-state index is -1.07. The molecule has 3 amide bonds. The fraction of sp³-hybridized carbons (Fsp3) is 0.400. The number of benzene rings is 2. The second kappa shape index (κ2) is 13.1. The van der Waals surface area contributed by atoms with Crippen LogP contribution in [0.25, 0.3) is 0 Å². The van der Waals surface area contributed by atoms with Crippen LogP contribution in [0.3, 0.4) is 0 Å². The lowest BCUT2D eigenvalue weighted by molar-refractivity contribution is -0.142. The molecule has 0 aliphatic rings. The first kappa shape index (κ1) is 30.2. The first-order chi connectivity index (χ1) is 18.9. The number of hydrogen-bond donors (Lipinski definition) is 2. The van der Waals surface area contributed by atoms with E-state index < -0.39 is 17.5 Å². The third kappa shape index (κ3) is 8.08. The Morgan fingerprint density at radius 1 is 1.00 bits per heavy atom. The molecule has 0 spiro atoms. The normalized spacial score (nSPS) is 11.9. The number of amides is 3. The molecular weight excluding hydrogens is 512 g/mol. The summed E-state index contributed by atoms with van der Waals surface area (Å²) in [6.07, 6.45) is -0.252. The van der Waals surface area contributed by atoms with Crippen molar-refractivity contribution in [1.29, 1.82) is 0 Å². The van der Waals surface area contributed by atoms with E-state index in [2.05, 4.69) is 15.8 Å². The smallest absolute Gasteiger partial charge is 0.248 e. The lowest BCUT2D eigenvalue weighted by Crippen LogP contribution is -2.49. The van der Waals surface area contributed by atoms with Gasteiger partial charge in [-0.1, -0.05) is 47.1 Å². The van der Waals surface area contributed by atoms with Crippen molar-refractivity contribution >= 4 is 23.5 Å². The van der Waals surface area contributed by atoms with E-state index in [1.165, 1.54) is 19.1 Å². The minimum absolute atomic E-state index is 0.113. The van der Waals surface area contributed by atoms with E-state index >= 15 is 0 Å². The van der Waals surface area contributed by atoms with E-state index in [1.807, 2.05) is 52.0 Å². The molecule has 0 saturated carbocycles. The van der Waals surface area contributed by atoms with Crippen molar-refractivity contribution in [2.45, 2.75) is 65.6 Å². The van der Waals surface area contributed by atoms with Crippen LogP contribution in [0, 0.1) is 13.8 Å². The average Bonchev–Trinajstić information content (AvgIpc) is 3.30. The molecule has 0 aliphatic heterocycles. The molecule has 3 aromatic rings. The predicted octanol–water partition coefficient (Wildman–Crippen LogP) is 4.71. The van der Waals surface area contributed by atoms with Gasteiger partial charge in [-0.25, -0.2) is 0 Å². The van der Waals surface area contributed by atoms with E-state index in [1.54, 1.807) is 31.2 Å². The number of carbonyl (C=O) groups excluding carboxylic acids is 3. The Kier molecular flexibility index (Phi) is 9.93. The number of methoxy groups -OCH3 is 2. The van der Waals surface area contributed by atoms with Gasteiger partial charge in [-0.05, 0) is 46.2 Å². The van der Waals surface area contributed by atoms with Crippen molar-refractivity contribution in [2.24, 2.45) is 0 Å². The van der Waals surface area contributed by atoms with Crippen molar-refractivity contribution in [2.75, 3.05) is 19.5 Å². The molecule has 1 atom stereocenters. The van der Waals surface area contributed by atoms with Gasteiger partial charge in [-0.3, -0.25) is 14.4 Å². The van der Waals surface area contributed by atoms with Crippen LogP contribution in [0.1, 0.15) is 62.1 Å². The van der Waals surface area contributed by atoms with Gasteiger partial charge in [0.05, 0.1) is 14.2 Å².